The van der Waals surface area contributed by atoms with Gasteiger partial charge in [0.15, 0.2) is 0 Å². The van der Waals surface area contributed by atoms with E-state index in [2.05, 4.69) is 9.97 Å². The quantitative estimate of drug-likeness (QED) is 0.690. The van der Waals surface area contributed by atoms with Crippen LogP contribution in [0.1, 0.15) is 5.56 Å². The largest absolute Gasteiger partial charge is 0.383 e. The standard InChI is InChI=1S/C13H12N4/c1-9-6-10(7-15-13(9)14)17-8-16-11-4-2-3-5-12(11)17/h2-8H,1H3,(H2,14,15). The van der Waals surface area contributed by atoms with Gasteiger partial charge in [-0.05, 0) is 30.7 Å². The van der Waals surface area contributed by atoms with E-state index in [9.17, 15) is 0 Å². The first-order chi connectivity index (χ1) is 8.25. The van der Waals surface area contributed by atoms with Crippen LogP contribution in [0, 0.1) is 6.92 Å². The molecule has 0 amide bonds. The average molecular weight is 224 g/mol. The molecule has 0 unspecified atom stereocenters. The normalized spacial score (nSPS) is 10.9. The number of imidazole rings is 1. The Balaban J connectivity index is 2.24. The Labute approximate surface area is 98.7 Å². The molecule has 2 aromatic heterocycles. The molecule has 3 aromatic rings. The second-order valence-electron chi connectivity index (χ2n) is 4.00. The average Bonchev–Trinajstić information content (AvgIpc) is 2.76. The van der Waals surface area contributed by atoms with Gasteiger partial charge in [-0.1, -0.05) is 12.1 Å². The second kappa shape index (κ2) is 3.59. The van der Waals surface area contributed by atoms with E-state index < -0.39 is 0 Å². The van der Waals surface area contributed by atoms with Gasteiger partial charge >= 0.3 is 0 Å². The molecule has 17 heavy (non-hydrogen) atoms. The molecule has 0 aliphatic heterocycles. The van der Waals surface area contributed by atoms with E-state index in [4.69, 9.17) is 5.73 Å². The molecule has 0 spiro atoms. The number of nitrogens with zero attached hydrogens (tertiary/aromatic N) is 3. The van der Waals surface area contributed by atoms with Crippen molar-refractivity contribution < 1.29 is 0 Å². The van der Waals surface area contributed by atoms with Crippen molar-refractivity contribution in [1.82, 2.24) is 14.5 Å². The Morgan fingerprint density at radius 2 is 2.00 bits per heavy atom. The molecule has 84 valence electrons. The predicted molar refractivity (Wildman–Crippen MR) is 68.0 cm³/mol. The molecular weight excluding hydrogens is 212 g/mol. The highest BCUT2D eigenvalue weighted by Crippen LogP contribution is 2.19. The summed E-state index contributed by atoms with van der Waals surface area (Å²) in [6.07, 6.45) is 3.56. The van der Waals surface area contributed by atoms with Crippen molar-refractivity contribution in [2.75, 3.05) is 5.73 Å². The fourth-order valence-electron chi connectivity index (χ4n) is 1.87. The molecule has 4 nitrogen and oxygen atoms in total. The Bertz CT molecular complexity index is 685. The van der Waals surface area contributed by atoms with E-state index in [1.165, 1.54) is 0 Å². The Morgan fingerprint density at radius 3 is 2.82 bits per heavy atom. The van der Waals surface area contributed by atoms with Crippen molar-refractivity contribution in [3.63, 3.8) is 0 Å². The maximum Gasteiger partial charge on any atom is 0.126 e. The summed E-state index contributed by atoms with van der Waals surface area (Å²) in [6.45, 7) is 1.95. The van der Waals surface area contributed by atoms with Crippen LogP contribution in [0.5, 0.6) is 0 Å². The van der Waals surface area contributed by atoms with Crippen LogP contribution in [-0.4, -0.2) is 14.5 Å². The van der Waals surface area contributed by atoms with Crippen LogP contribution in [0.15, 0.2) is 42.9 Å². The zero-order valence-corrected chi connectivity index (χ0v) is 9.46. The van der Waals surface area contributed by atoms with E-state index in [1.807, 2.05) is 41.8 Å². The molecule has 0 saturated carbocycles. The number of benzene rings is 1. The molecule has 0 radical (unpaired) electrons. The monoisotopic (exact) mass is 224 g/mol. The summed E-state index contributed by atoms with van der Waals surface area (Å²) < 4.78 is 2.01. The third-order valence-electron chi connectivity index (χ3n) is 2.84. The van der Waals surface area contributed by atoms with Crippen LogP contribution in [0.3, 0.4) is 0 Å². The van der Waals surface area contributed by atoms with Crippen LogP contribution in [0.25, 0.3) is 16.7 Å². The molecule has 1 aromatic carbocycles. The molecule has 4 heteroatoms. The third kappa shape index (κ3) is 1.54. The zero-order chi connectivity index (χ0) is 11.8. The van der Waals surface area contributed by atoms with Gasteiger partial charge < -0.3 is 5.73 Å². The smallest absolute Gasteiger partial charge is 0.126 e. The highest BCUT2D eigenvalue weighted by atomic mass is 15.1. The van der Waals surface area contributed by atoms with Crippen LogP contribution in [-0.2, 0) is 0 Å². The minimum absolute atomic E-state index is 0.568. The van der Waals surface area contributed by atoms with Crippen LogP contribution in [0.2, 0.25) is 0 Å². The Morgan fingerprint density at radius 1 is 1.18 bits per heavy atom. The number of hydrogen-bond donors (Lipinski definition) is 1. The summed E-state index contributed by atoms with van der Waals surface area (Å²) >= 11 is 0. The molecular formula is C13H12N4. The van der Waals surface area contributed by atoms with Crippen molar-refractivity contribution in [3.05, 3.63) is 48.4 Å². The van der Waals surface area contributed by atoms with E-state index in [1.54, 1.807) is 12.5 Å². The van der Waals surface area contributed by atoms with E-state index >= 15 is 0 Å². The van der Waals surface area contributed by atoms with Crippen molar-refractivity contribution in [2.45, 2.75) is 6.92 Å². The number of aromatic nitrogens is 3. The fourth-order valence-corrected chi connectivity index (χ4v) is 1.87. The zero-order valence-electron chi connectivity index (χ0n) is 9.46. The molecule has 0 saturated heterocycles. The lowest BCUT2D eigenvalue weighted by Crippen LogP contribution is -1.98. The van der Waals surface area contributed by atoms with Crippen LogP contribution >= 0.6 is 0 Å². The molecule has 0 aliphatic carbocycles. The SMILES string of the molecule is Cc1cc(-n2cnc3ccccc32)cnc1N. The number of fused-ring (bicyclic) bond motifs is 1. The summed E-state index contributed by atoms with van der Waals surface area (Å²) in [5, 5.41) is 0. The molecule has 3 rings (SSSR count). The van der Waals surface area contributed by atoms with Crippen molar-refractivity contribution >= 4 is 16.9 Å². The number of para-hydroxylation sites is 2. The lowest BCUT2D eigenvalue weighted by atomic mass is 10.2. The fraction of sp³-hybridized carbons (Fsp3) is 0.0769. The van der Waals surface area contributed by atoms with Crippen molar-refractivity contribution in [3.8, 4) is 5.69 Å². The summed E-state index contributed by atoms with van der Waals surface area (Å²) in [5.41, 5.74) is 9.71. The van der Waals surface area contributed by atoms with E-state index in [0.29, 0.717) is 5.82 Å². The number of rotatable bonds is 1. The number of nitrogen functional groups attached to an aromatic ring is 1. The Kier molecular flexibility index (Phi) is 2.08. The van der Waals surface area contributed by atoms with Gasteiger partial charge in [0.1, 0.15) is 12.1 Å². The van der Waals surface area contributed by atoms with Gasteiger partial charge in [0.05, 0.1) is 22.9 Å². The number of hydrogen-bond acceptors (Lipinski definition) is 3. The van der Waals surface area contributed by atoms with E-state index in [-0.39, 0.29) is 0 Å². The molecule has 0 aliphatic rings. The molecule has 0 atom stereocenters. The van der Waals surface area contributed by atoms with Gasteiger partial charge in [0, 0.05) is 0 Å². The van der Waals surface area contributed by atoms with Crippen molar-refractivity contribution in [2.24, 2.45) is 0 Å². The molecule has 2 heterocycles. The number of pyridine rings is 1. The lowest BCUT2D eigenvalue weighted by Gasteiger charge is -2.06. The van der Waals surface area contributed by atoms with Gasteiger partial charge in [-0.25, -0.2) is 9.97 Å². The number of aryl methyl sites for hydroxylation is 1. The lowest BCUT2D eigenvalue weighted by molar-refractivity contribution is 1.06. The van der Waals surface area contributed by atoms with Gasteiger partial charge in [0.25, 0.3) is 0 Å². The minimum atomic E-state index is 0.568. The first-order valence-electron chi connectivity index (χ1n) is 5.40. The number of anilines is 1. The van der Waals surface area contributed by atoms with Crippen LogP contribution < -0.4 is 5.73 Å². The summed E-state index contributed by atoms with van der Waals surface area (Å²) in [6, 6.07) is 10.0. The van der Waals surface area contributed by atoms with Gasteiger partial charge in [-0.2, -0.15) is 0 Å². The highest BCUT2D eigenvalue weighted by molar-refractivity contribution is 5.77. The van der Waals surface area contributed by atoms with Crippen LogP contribution in [0.4, 0.5) is 5.82 Å². The predicted octanol–water partition coefficient (Wildman–Crippen LogP) is 2.31. The van der Waals surface area contributed by atoms with Gasteiger partial charge in [0.2, 0.25) is 0 Å². The highest BCUT2D eigenvalue weighted by Gasteiger charge is 2.05. The number of nitrogens with two attached hydrogens (primary N) is 1. The summed E-state index contributed by atoms with van der Waals surface area (Å²) in [4.78, 5) is 8.52. The maximum atomic E-state index is 5.72. The van der Waals surface area contributed by atoms with E-state index in [0.717, 1.165) is 22.3 Å². The van der Waals surface area contributed by atoms with Gasteiger partial charge in [-0.15, -0.1) is 0 Å². The first-order valence-corrected chi connectivity index (χ1v) is 5.40. The summed E-state index contributed by atoms with van der Waals surface area (Å²) in [7, 11) is 0. The van der Waals surface area contributed by atoms with Crippen molar-refractivity contribution in [1.29, 1.82) is 0 Å². The minimum Gasteiger partial charge on any atom is -0.383 e. The van der Waals surface area contributed by atoms with Gasteiger partial charge in [-0.3, -0.25) is 4.57 Å². The maximum absolute atomic E-state index is 5.72. The summed E-state index contributed by atoms with van der Waals surface area (Å²) in [5.74, 6) is 0.568. The molecule has 0 bridgehead atoms. The third-order valence-corrected chi connectivity index (χ3v) is 2.84. The first kappa shape index (κ1) is 9.84. The Hall–Kier alpha value is -2.36. The second-order valence-corrected chi connectivity index (χ2v) is 4.00. The topological polar surface area (TPSA) is 56.7 Å². The molecule has 0 fully saturated rings. The molecule has 2 N–H and O–H groups in total.